The van der Waals surface area contributed by atoms with E-state index >= 15 is 0 Å². The summed E-state index contributed by atoms with van der Waals surface area (Å²) in [7, 11) is 3.16. The Morgan fingerprint density at radius 3 is 2.41 bits per heavy atom. The summed E-state index contributed by atoms with van der Waals surface area (Å²) in [5.41, 5.74) is 0.635. The number of rotatable bonds is 4. The van der Waals surface area contributed by atoms with Gasteiger partial charge in [0.15, 0.2) is 5.76 Å². The first-order chi connectivity index (χ1) is 10.6. The summed E-state index contributed by atoms with van der Waals surface area (Å²) < 4.78 is 22.6. The SMILES string of the molecule is COc1cc(Br)c(OC)c(-c2nnc(-c3ccc(C)o3)o2)c1. The number of hydrogen-bond acceptors (Lipinski definition) is 6. The lowest BCUT2D eigenvalue weighted by Gasteiger charge is -2.09. The first-order valence-corrected chi connectivity index (χ1v) is 7.24. The second-order valence-electron chi connectivity index (χ2n) is 4.51. The highest BCUT2D eigenvalue weighted by Gasteiger charge is 2.19. The molecule has 114 valence electrons. The average Bonchev–Trinajstić information content (AvgIpc) is 3.15. The molecule has 2 aromatic heterocycles. The zero-order valence-electron chi connectivity index (χ0n) is 12.2. The summed E-state index contributed by atoms with van der Waals surface area (Å²) in [5, 5.41) is 8.08. The highest BCUT2D eigenvalue weighted by Crippen LogP contribution is 2.40. The van der Waals surface area contributed by atoms with E-state index in [2.05, 4.69) is 26.1 Å². The quantitative estimate of drug-likeness (QED) is 0.694. The fraction of sp³-hybridized carbons (Fsp3) is 0.200. The Bertz CT molecular complexity index is 810. The number of hydrogen-bond donors (Lipinski definition) is 0. The Morgan fingerprint density at radius 2 is 1.77 bits per heavy atom. The van der Waals surface area contributed by atoms with Crippen LogP contribution in [0.4, 0.5) is 0 Å². The van der Waals surface area contributed by atoms with Crippen molar-refractivity contribution in [3.63, 3.8) is 0 Å². The van der Waals surface area contributed by atoms with Crippen molar-refractivity contribution >= 4 is 15.9 Å². The maximum Gasteiger partial charge on any atom is 0.283 e. The summed E-state index contributed by atoms with van der Waals surface area (Å²) in [4.78, 5) is 0. The van der Waals surface area contributed by atoms with Crippen molar-refractivity contribution in [3.8, 4) is 34.6 Å². The molecular formula is C15H13BrN2O4. The van der Waals surface area contributed by atoms with Crippen molar-refractivity contribution in [2.75, 3.05) is 14.2 Å². The number of halogens is 1. The van der Waals surface area contributed by atoms with Crippen LogP contribution < -0.4 is 9.47 Å². The summed E-state index contributed by atoms with van der Waals surface area (Å²) in [6.07, 6.45) is 0. The monoisotopic (exact) mass is 364 g/mol. The topological polar surface area (TPSA) is 70.5 Å². The van der Waals surface area contributed by atoms with Crippen LogP contribution in [-0.4, -0.2) is 24.4 Å². The van der Waals surface area contributed by atoms with Gasteiger partial charge >= 0.3 is 0 Å². The Morgan fingerprint density at radius 1 is 1.00 bits per heavy atom. The van der Waals surface area contributed by atoms with Gasteiger partial charge in [-0.05, 0) is 47.1 Å². The molecule has 0 radical (unpaired) electrons. The molecule has 6 nitrogen and oxygen atoms in total. The first-order valence-electron chi connectivity index (χ1n) is 6.44. The van der Waals surface area contributed by atoms with Crippen LogP contribution in [0.1, 0.15) is 5.76 Å². The third-order valence-electron chi connectivity index (χ3n) is 3.06. The highest BCUT2D eigenvalue weighted by molar-refractivity contribution is 9.10. The van der Waals surface area contributed by atoms with Crippen molar-refractivity contribution in [1.29, 1.82) is 0 Å². The largest absolute Gasteiger partial charge is 0.497 e. The summed E-state index contributed by atoms with van der Waals surface area (Å²) in [6.45, 7) is 1.85. The molecule has 3 rings (SSSR count). The molecule has 0 saturated carbocycles. The molecule has 0 saturated heterocycles. The van der Waals surface area contributed by atoms with Crippen LogP contribution >= 0.6 is 15.9 Å². The summed E-state index contributed by atoms with van der Waals surface area (Å²) >= 11 is 3.44. The second kappa shape index (κ2) is 5.84. The molecule has 0 N–H and O–H groups in total. The predicted octanol–water partition coefficient (Wildman–Crippen LogP) is 4.08. The van der Waals surface area contributed by atoms with Crippen molar-refractivity contribution in [2.24, 2.45) is 0 Å². The predicted molar refractivity (Wildman–Crippen MR) is 83.0 cm³/mol. The third-order valence-corrected chi connectivity index (χ3v) is 3.65. The van der Waals surface area contributed by atoms with Crippen molar-refractivity contribution in [2.45, 2.75) is 6.92 Å². The number of nitrogens with zero attached hydrogens (tertiary/aromatic N) is 2. The van der Waals surface area contributed by atoms with Gasteiger partial charge in [-0.3, -0.25) is 0 Å². The molecule has 0 unspecified atom stereocenters. The number of aromatic nitrogens is 2. The zero-order chi connectivity index (χ0) is 15.7. The maximum absolute atomic E-state index is 5.69. The van der Waals surface area contributed by atoms with Gasteiger partial charge in [-0.2, -0.15) is 0 Å². The smallest absolute Gasteiger partial charge is 0.283 e. The summed E-state index contributed by atoms with van der Waals surface area (Å²) in [6, 6.07) is 7.19. The zero-order valence-corrected chi connectivity index (χ0v) is 13.8. The Hall–Kier alpha value is -2.28. The molecule has 22 heavy (non-hydrogen) atoms. The summed E-state index contributed by atoms with van der Waals surface area (Å²) in [5.74, 6) is 3.17. The number of methoxy groups -OCH3 is 2. The van der Waals surface area contributed by atoms with E-state index in [-0.39, 0.29) is 0 Å². The minimum absolute atomic E-state index is 0.309. The maximum atomic E-state index is 5.69. The van der Waals surface area contributed by atoms with Crippen LogP contribution in [0.2, 0.25) is 0 Å². The van der Waals surface area contributed by atoms with E-state index in [0.717, 1.165) is 10.2 Å². The van der Waals surface area contributed by atoms with E-state index in [1.807, 2.05) is 13.0 Å². The van der Waals surface area contributed by atoms with Crippen LogP contribution in [-0.2, 0) is 0 Å². The molecule has 0 spiro atoms. The molecule has 0 fully saturated rings. The number of benzene rings is 1. The van der Waals surface area contributed by atoms with Gasteiger partial charge in [0.2, 0.25) is 0 Å². The van der Waals surface area contributed by atoms with Gasteiger partial charge in [-0.25, -0.2) is 0 Å². The fourth-order valence-corrected chi connectivity index (χ4v) is 2.63. The molecular weight excluding hydrogens is 352 g/mol. The highest BCUT2D eigenvalue weighted by atomic mass is 79.9. The lowest BCUT2D eigenvalue weighted by atomic mass is 10.2. The minimum Gasteiger partial charge on any atom is -0.497 e. The van der Waals surface area contributed by atoms with Gasteiger partial charge in [0.25, 0.3) is 11.8 Å². The minimum atomic E-state index is 0.309. The van der Waals surface area contributed by atoms with Gasteiger partial charge in [0.1, 0.15) is 17.3 Å². The van der Waals surface area contributed by atoms with Crippen molar-refractivity contribution in [3.05, 3.63) is 34.5 Å². The van der Waals surface area contributed by atoms with Gasteiger partial charge in [-0.1, -0.05) is 0 Å². The molecule has 0 aliphatic rings. The Kier molecular flexibility index (Phi) is 3.89. The van der Waals surface area contributed by atoms with Gasteiger partial charge in [0, 0.05) is 0 Å². The fourth-order valence-electron chi connectivity index (χ4n) is 2.03. The lowest BCUT2D eigenvalue weighted by Crippen LogP contribution is -1.92. The average molecular weight is 365 g/mol. The number of aryl methyl sites for hydroxylation is 1. The molecule has 0 aliphatic heterocycles. The van der Waals surface area contributed by atoms with Gasteiger partial charge in [-0.15, -0.1) is 10.2 Å². The van der Waals surface area contributed by atoms with E-state index < -0.39 is 0 Å². The van der Waals surface area contributed by atoms with Crippen LogP contribution in [0.3, 0.4) is 0 Å². The van der Waals surface area contributed by atoms with Crippen LogP contribution in [0.25, 0.3) is 23.1 Å². The molecule has 0 aliphatic carbocycles. The Labute approximate surface area is 135 Å². The molecule has 0 bridgehead atoms. The van der Waals surface area contributed by atoms with E-state index in [0.29, 0.717) is 34.6 Å². The van der Waals surface area contributed by atoms with Crippen LogP contribution in [0.5, 0.6) is 11.5 Å². The molecule has 0 amide bonds. The van der Waals surface area contributed by atoms with Crippen LogP contribution in [0.15, 0.2) is 37.6 Å². The first kappa shape index (κ1) is 14.6. The van der Waals surface area contributed by atoms with Crippen LogP contribution in [0, 0.1) is 6.92 Å². The molecule has 1 aromatic carbocycles. The van der Waals surface area contributed by atoms with Crippen molar-refractivity contribution in [1.82, 2.24) is 10.2 Å². The molecule has 3 aromatic rings. The Balaban J connectivity index is 2.08. The molecule has 2 heterocycles. The van der Waals surface area contributed by atoms with E-state index in [4.69, 9.17) is 18.3 Å². The van der Waals surface area contributed by atoms with Gasteiger partial charge < -0.3 is 18.3 Å². The standard InChI is InChI=1S/C15H13BrN2O4/c1-8-4-5-12(21-8)15-18-17-14(22-15)10-6-9(19-2)7-11(16)13(10)20-3/h4-7H,1-3H3. The van der Waals surface area contributed by atoms with Crippen molar-refractivity contribution < 1.29 is 18.3 Å². The second-order valence-corrected chi connectivity index (χ2v) is 5.37. The van der Waals surface area contributed by atoms with E-state index in [1.165, 1.54) is 0 Å². The van der Waals surface area contributed by atoms with E-state index in [1.54, 1.807) is 32.4 Å². The lowest BCUT2D eigenvalue weighted by molar-refractivity contribution is 0.400. The number of ether oxygens (including phenoxy) is 2. The van der Waals surface area contributed by atoms with E-state index in [9.17, 15) is 0 Å². The normalized spacial score (nSPS) is 10.7. The van der Waals surface area contributed by atoms with Gasteiger partial charge in [0.05, 0.1) is 24.3 Å². The number of furan rings is 1. The molecule has 0 atom stereocenters. The molecule has 7 heteroatoms. The third kappa shape index (κ3) is 2.59.